The summed E-state index contributed by atoms with van der Waals surface area (Å²) >= 11 is 3.27. The van der Waals surface area contributed by atoms with Gasteiger partial charge in [-0.1, -0.05) is 30.3 Å². The highest BCUT2D eigenvalue weighted by Crippen LogP contribution is 2.20. The van der Waals surface area contributed by atoms with E-state index < -0.39 is 5.54 Å². The number of pyridine rings is 1. The second-order valence-electron chi connectivity index (χ2n) is 4.67. The van der Waals surface area contributed by atoms with E-state index >= 15 is 0 Å². The molecule has 2 N–H and O–H groups in total. The topological polar surface area (TPSA) is 62.2 Å². The monoisotopic (exact) mass is 334 g/mol. The van der Waals surface area contributed by atoms with Gasteiger partial charge in [-0.05, 0) is 40.5 Å². The molecule has 1 aromatic carbocycles. The molecule has 0 fully saturated rings. The van der Waals surface area contributed by atoms with Crippen LogP contribution in [-0.4, -0.2) is 22.6 Å². The smallest absolute Gasteiger partial charge is 0.270 e. The molecule has 0 bridgehead atoms. The lowest BCUT2D eigenvalue weighted by atomic mass is 9.92. The van der Waals surface area contributed by atoms with E-state index in [0.29, 0.717) is 5.69 Å². The number of aliphatic hydroxyl groups excluding tert-OH is 1. The highest BCUT2D eigenvalue weighted by molar-refractivity contribution is 9.10. The molecule has 1 unspecified atom stereocenters. The summed E-state index contributed by atoms with van der Waals surface area (Å²) in [5.41, 5.74) is 0.310. The van der Waals surface area contributed by atoms with Gasteiger partial charge in [0.15, 0.2) is 0 Å². The van der Waals surface area contributed by atoms with Crippen LogP contribution in [0.25, 0.3) is 0 Å². The lowest BCUT2D eigenvalue weighted by Crippen LogP contribution is -2.46. The summed E-state index contributed by atoms with van der Waals surface area (Å²) in [6.45, 7) is 1.58. The number of carbonyl (C=O) groups is 1. The Morgan fingerprint density at radius 3 is 2.55 bits per heavy atom. The fourth-order valence-electron chi connectivity index (χ4n) is 1.83. The minimum Gasteiger partial charge on any atom is -0.394 e. The zero-order valence-electron chi connectivity index (χ0n) is 11.0. The predicted molar refractivity (Wildman–Crippen MR) is 80.3 cm³/mol. The molecular weight excluding hydrogens is 320 g/mol. The van der Waals surface area contributed by atoms with Crippen LogP contribution in [0, 0.1) is 0 Å². The summed E-state index contributed by atoms with van der Waals surface area (Å²) in [6.07, 6.45) is 1.56. The summed E-state index contributed by atoms with van der Waals surface area (Å²) in [5, 5.41) is 12.5. The van der Waals surface area contributed by atoms with E-state index in [9.17, 15) is 9.90 Å². The van der Waals surface area contributed by atoms with Crippen LogP contribution in [0.1, 0.15) is 23.0 Å². The molecule has 1 atom stereocenters. The molecule has 0 radical (unpaired) electrons. The maximum Gasteiger partial charge on any atom is 0.270 e. The van der Waals surface area contributed by atoms with E-state index in [2.05, 4.69) is 26.2 Å². The maximum absolute atomic E-state index is 12.2. The fourth-order valence-corrected chi connectivity index (χ4v) is 2.07. The number of aliphatic hydroxyl groups is 1. The Hall–Kier alpha value is -1.72. The summed E-state index contributed by atoms with van der Waals surface area (Å²) in [7, 11) is 0. The Bertz CT molecular complexity index is 587. The van der Waals surface area contributed by atoms with Gasteiger partial charge in [-0.25, -0.2) is 4.98 Å². The molecule has 0 spiro atoms. The minimum atomic E-state index is -0.840. The Labute approximate surface area is 126 Å². The van der Waals surface area contributed by atoms with Gasteiger partial charge in [-0.2, -0.15) is 0 Å². The molecule has 0 aliphatic rings. The molecule has 2 rings (SSSR count). The van der Waals surface area contributed by atoms with Crippen molar-refractivity contribution in [3.63, 3.8) is 0 Å². The van der Waals surface area contributed by atoms with E-state index in [1.165, 1.54) is 0 Å². The third-order valence-corrected chi connectivity index (χ3v) is 3.55. The second-order valence-corrected chi connectivity index (χ2v) is 5.59. The van der Waals surface area contributed by atoms with E-state index in [4.69, 9.17) is 0 Å². The first kappa shape index (κ1) is 14.7. The summed E-state index contributed by atoms with van der Waals surface area (Å²) < 4.78 is 0.807. The minimum absolute atomic E-state index is 0.195. The van der Waals surface area contributed by atoms with Gasteiger partial charge < -0.3 is 10.4 Å². The van der Waals surface area contributed by atoms with Gasteiger partial charge in [0.2, 0.25) is 0 Å². The Morgan fingerprint density at radius 2 is 2.00 bits per heavy atom. The first-order chi connectivity index (χ1) is 9.55. The highest BCUT2D eigenvalue weighted by atomic mass is 79.9. The third-order valence-electron chi connectivity index (χ3n) is 3.08. The third kappa shape index (κ3) is 3.23. The number of hydrogen-bond donors (Lipinski definition) is 2. The molecule has 0 saturated carbocycles. The van der Waals surface area contributed by atoms with Gasteiger partial charge in [0.25, 0.3) is 5.91 Å². The molecule has 0 aliphatic heterocycles. The molecule has 20 heavy (non-hydrogen) atoms. The van der Waals surface area contributed by atoms with Gasteiger partial charge in [0.05, 0.1) is 12.1 Å². The quantitative estimate of drug-likeness (QED) is 0.902. The van der Waals surface area contributed by atoms with Crippen LogP contribution in [-0.2, 0) is 5.54 Å². The van der Waals surface area contributed by atoms with Crippen molar-refractivity contribution in [3.8, 4) is 0 Å². The number of nitrogens with one attached hydrogen (secondary N) is 1. The van der Waals surface area contributed by atoms with Crippen LogP contribution < -0.4 is 5.32 Å². The molecule has 2 aromatic rings. The Morgan fingerprint density at radius 1 is 1.30 bits per heavy atom. The van der Waals surface area contributed by atoms with Crippen molar-refractivity contribution in [2.45, 2.75) is 12.5 Å². The van der Waals surface area contributed by atoms with Crippen molar-refractivity contribution in [2.24, 2.45) is 0 Å². The van der Waals surface area contributed by atoms with Crippen molar-refractivity contribution < 1.29 is 9.90 Å². The molecule has 1 heterocycles. The lowest BCUT2D eigenvalue weighted by Gasteiger charge is -2.29. The van der Waals surface area contributed by atoms with E-state index in [1.807, 2.05) is 30.3 Å². The van der Waals surface area contributed by atoms with E-state index in [1.54, 1.807) is 25.3 Å². The SMILES string of the molecule is CC(CO)(NC(=O)c1ccc(Br)cn1)c1ccccc1. The standard InChI is InChI=1S/C15H15BrN2O2/c1-15(10-19,11-5-3-2-4-6-11)18-14(20)13-8-7-12(16)9-17-13/h2-9,19H,10H2,1H3,(H,18,20). The number of aromatic nitrogens is 1. The Kier molecular flexibility index (Phi) is 4.52. The zero-order chi connectivity index (χ0) is 14.6. The van der Waals surface area contributed by atoms with Crippen LogP contribution in [0.2, 0.25) is 0 Å². The molecule has 1 aromatic heterocycles. The lowest BCUT2D eigenvalue weighted by molar-refractivity contribution is 0.0844. The van der Waals surface area contributed by atoms with Crippen LogP contribution in [0.5, 0.6) is 0 Å². The number of benzene rings is 1. The van der Waals surface area contributed by atoms with Crippen LogP contribution in [0.3, 0.4) is 0 Å². The van der Waals surface area contributed by atoms with Crippen molar-refractivity contribution >= 4 is 21.8 Å². The van der Waals surface area contributed by atoms with Gasteiger partial charge in [-0.3, -0.25) is 4.79 Å². The van der Waals surface area contributed by atoms with Gasteiger partial charge in [0.1, 0.15) is 5.69 Å². The number of hydrogen-bond acceptors (Lipinski definition) is 3. The van der Waals surface area contributed by atoms with Crippen LogP contribution in [0.15, 0.2) is 53.1 Å². The molecule has 104 valence electrons. The largest absolute Gasteiger partial charge is 0.394 e. The fraction of sp³-hybridized carbons (Fsp3) is 0.200. The molecule has 0 saturated heterocycles. The van der Waals surface area contributed by atoms with Gasteiger partial charge >= 0.3 is 0 Å². The summed E-state index contributed by atoms with van der Waals surface area (Å²) in [6, 6.07) is 12.7. The average Bonchev–Trinajstić information content (AvgIpc) is 2.48. The van der Waals surface area contributed by atoms with Crippen LogP contribution in [0.4, 0.5) is 0 Å². The molecule has 0 aliphatic carbocycles. The van der Waals surface area contributed by atoms with Gasteiger partial charge in [-0.15, -0.1) is 0 Å². The van der Waals surface area contributed by atoms with Crippen molar-refractivity contribution in [1.82, 2.24) is 10.3 Å². The summed E-state index contributed by atoms with van der Waals surface area (Å²) in [4.78, 5) is 16.3. The van der Waals surface area contributed by atoms with E-state index in [-0.39, 0.29) is 12.5 Å². The number of carbonyl (C=O) groups excluding carboxylic acids is 1. The molecule has 4 nitrogen and oxygen atoms in total. The van der Waals surface area contributed by atoms with Crippen molar-refractivity contribution in [3.05, 3.63) is 64.4 Å². The number of nitrogens with zero attached hydrogens (tertiary/aromatic N) is 1. The summed E-state index contributed by atoms with van der Waals surface area (Å²) in [5.74, 6) is -0.321. The molecule has 1 amide bonds. The number of rotatable bonds is 4. The first-order valence-corrected chi connectivity index (χ1v) is 6.95. The first-order valence-electron chi connectivity index (χ1n) is 6.15. The number of amides is 1. The normalized spacial score (nSPS) is 13.6. The van der Waals surface area contributed by atoms with Gasteiger partial charge in [0, 0.05) is 10.7 Å². The number of halogens is 1. The predicted octanol–water partition coefficient (Wildman–Crippen LogP) is 2.48. The molecule has 5 heteroatoms. The average molecular weight is 335 g/mol. The Balaban J connectivity index is 2.22. The molecular formula is C15H15BrN2O2. The zero-order valence-corrected chi connectivity index (χ0v) is 12.6. The van der Waals surface area contributed by atoms with E-state index in [0.717, 1.165) is 10.0 Å². The maximum atomic E-state index is 12.2. The van der Waals surface area contributed by atoms with Crippen molar-refractivity contribution in [1.29, 1.82) is 0 Å². The second kappa shape index (κ2) is 6.15. The highest BCUT2D eigenvalue weighted by Gasteiger charge is 2.28. The van der Waals surface area contributed by atoms with Crippen LogP contribution >= 0.6 is 15.9 Å². The van der Waals surface area contributed by atoms with Crippen molar-refractivity contribution in [2.75, 3.05) is 6.61 Å².